The van der Waals surface area contributed by atoms with E-state index in [1.807, 2.05) is 11.8 Å². The lowest BCUT2D eigenvalue weighted by Gasteiger charge is -2.15. The summed E-state index contributed by atoms with van der Waals surface area (Å²) in [5, 5.41) is 4.66. The fraction of sp³-hybridized carbons (Fsp3) is 0.385. The molecule has 0 fully saturated rings. The van der Waals surface area contributed by atoms with E-state index in [-0.39, 0.29) is 11.8 Å². The third-order valence-corrected chi connectivity index (χ3v) is 6.00. The van der Waals surface area contributed by atoms with E-state index in [1.54, 1.807) is 6.08 Å². The third-order valence-electron chi connectivity index (χ3n) is 3.36. The minimum absolute atomic E-state index is 0.0206. The van der Waals surface area contributed by atoms with Crippen LogP contribution in [0.4, 0.5) is 0 Å². The monoisotopic (exact) mass is 281 g/mol. The maximum Gasteiger partial charge on any atom is 0.173 e. The molecule has 1 aromatic carbocycles. The van der Waals surface area contributed by atoms with Crippen molar-refractivity contribution in [2.24, 2.45) is 0 Å². The number of benzene rings is 1. The Labute approximate surface area is 112 Å². The molecule has 3 rings (SSSR count). The van der Waals surface area contributed by atoms with E-state index in [0.717, 1.165) is 12.3 Å². The Balaban J connectivity index is 1.61. The second-order valence-corrected chi connectivity index (χ2v) is 7.71. The Morgan fingerprint density at radius 2 is 2.17 bits per heavy atom. The summed E-state index contributed by atoms with van der Waals surface area (Å²) < 4.78 is 22.6. The highest BCUT2D eigenvalue weighted by Crippen LogP contribution is 2.38. The van der Waals surface area contributed by atoms with Crippen LogP contribution < -0.4 is 5.32 Å². The molecule has 5 heteroatoms. The minimum atomic E-state index is -2.95. The van der Waals surface area contributed by atoms with Crippen LogP contribution in [0.5, 0.6) is 0 Å². The van der Waals surface area contributed by atoms with Crippen molar-refractivity contribution in [2.75, 3.05) is 18.1 Å². The van der Waals surface area contributed by atoms with Gasteiger partial charge < -0.3 is 5.32 Å². The Morgan fingerprint density at radius 1 is 1.33 bits per heavy atom. The van der Waals surface area contributed by atoms with Crippen molar-refractivity contribution < 1.29 is 8.42 Å². The molecule has 2 aliphatic heterocycles. The van der Waals surface area contributed by atoms with Crippen LogP contribution in [-0.4, -0.2) is 32.5 Å². The summed E-state index contributed by atoms with van der Waals surface area (Å²) in [6, 6.07) is 8.43. The zero-order valence-corrected chi connectivity index (χ0v) is 11.5. The predicted octanol–water partition coefficient (Wildman–Crippen LogP) is 1.78. The van der Waals surface area contributed by atoms with E-state index in [4.69, 9.17) is 0 Å². The van der Waals surface area contributed by atoms with Gasteiger partial charge in [0.25, 0.3) is 0 Å². The SMILES string of the molecule is O=S1(=O)C=CC(NCC2CSc3ccccc32)C1. The van der Waals surface area contributed by atoms with Crippen molar-refractivity contribution in [3.63, 3.8) is 0 Å². The van der Waals surface area contributed by atoms with Gasteiger partial charge in [0, 0.05) is 34.6 Å². The molecule has 0 aliphatic carbocycles. The van der Waals surface area contributed by atoms with Crippen molar-refractivity contribution >= 4 is 21.6 Å². The first kappa shape index (κ1) is 12.3. The second kappa shape index (κ2) is 4.72. The summed E-state index contributed by atoms with van der Waals surface area (Å²) in [4.78, 5) is 1.36. The average Bonchev–Trinajstić information content (AvgIpc) is 2.90. The topological polar surface area (TPSA) is 46.2 Å². The Hall–Kier alpha value is -0.780. The average molecular weight is 281 g/mol. The van der Waals surface area contributed by atoms with Crippen molar-refractivity contribution in [3.8, 4) is 0 Å². The van der Waals surface area contributed by atoms with E-state index < -0.39 is 9.84 Å². The molecule has 1 N–H and O–H groups in total. The molecule has 3 nitrogen and oxygen atoms in total. The van der Waals surface area contributed by atoms with Crippen molar-refractivity contribution in [2.45, 2.75) is 16.9 Å². The molecule has 0 amide bonds. The molecular weight excluding hydrogens is 266 g/mol. The molecule has 0 saturated carbocycles. The van der Waals surface area contributed by atoms with Crippen LogP contribution >= 0.6 is 11.8 Å². The number of thioether (sulfide) groups is 1. The summed E-state index contributed by atoms with van der Waals surface area (Å²) in [6.07, 6.45) is 1.75. The first-order chi connectivity index (χ1) is 8.64. The van der Waals surface area contributed by atoms with Crippen LogP contribution in [0.15, 0.2) is 40.6 Å². The molecule has 2 unspecified atom stereocenters. The third kappa shape index (κ3) is 2.48. The lowest BCUT2D eigenvalue weighted by Crippen LogP contribution is -2.33. The first-order valence-electron chi connectivity index (χ1n) is 6.00. The summed E-state index contributed by atoms with van der Waals surface area (Å²) >= 11 is 1.88. The van der Waals surface area contributed by atoms with Gasteiger partial charge in [-0.2, -0.15) is 0 Å². The standard InChI is InChI=1S/C13H15NO2S2/c15-18(16)6-5-11(9-18)14-7-10-8-17-13-4-2-1-3-12(10)13/h1-6,10-11,14H,7-9H2. The van der Waals surface area contributed by atoms with Gasteiger partial charge in [0.1, 0.15) is 0 Å². The molecule has 2 heterocycles. The molecule has 18 heavy (non-hydrogen) atoms. The Bertz CT molecular complexity index is 580. The lowest BCUT2D eigenvalue weighted by molar-refractivity contribution is 0.572. The highest BCUT2D eigenvalue weighted by atomic mass is 32.2. The van der Waals surface area contributed by atoms with Gasteiger partial charge in [-0.1, -0.05) is 24.3 Å². The number of sulfone groups is 1. The van der Waals surface area contributed by atoms with E-state index in [0.29, 0.717) is 5.92 Å². The zero-order valence-electron chi connectivity index (χ0n) is 9.87. The van der Waals surface area contributed by atoms with E-state index in [1.165, 1.54) is 15.9 Å². The number of hydrogen-bond acceptors (Lipinski definition) is 4. The van der Waals surface area contributed by atoms with Gasteiger partial charge in [0.15, 0.2) is 9.84 Å². The van der Waals surface area contributed by atoms with Gasteiger partial charge in [0.05, 0.1) is 5.75 Å². The van der Waals surface area contributed by atoms with Gasteiger partial charge in [-0.25, -0.2) is 8.42 Å². The lowest BCUT2D eigenvalue weighted by atomic mass is 10.0. The maximum absolute atomic E-state index is 11.3. The van der Waals surface area contributed by atoms with Crippen LogP contribution in [-0.2, 0) is 9.84 Å². The number of nitrogens with one attached hydrogen (secondary N) is 1. The highest BCUT2D eigenvalue weighted by molar-refractivity contribution is 7.99. The van der Waals surface area contributed by atoms with Gasteiger partial charge in [0.2, 0.25) is 0 Å². The molecule has 2 aliphatic rings. The van der Waals surface area contributed by atoms with Crippen molar-refractivity contribution in [1.82, 2.24) is 5.32 Å². The minimum Gasteiger partial charge on any atom is -0.309 e. The predicted molar refractivity (Wildman–Crippen MR) is 74.6 cm³/mol. The Kier molecular flexibility index (Phi) is 3.21. The van der Waals surface area contributed by atoms with Gasteiger partial charge in [-0.15, -0.1) is 11.8 Å². The molecule has 96 valence electrons. The van der Waals surface area contributed by atoms with E-state index in [9.17, 15) is 8.42 Å². The second-order valence-electron chi connectivity index (χ2n) is 4.72. The summed E-state index contributed by atoms with van der Waals surface area (Å²) in [5.41, 5.74) is 1.39. The largest absolute Gasteiger partial charge is 0.309 e. The molecule has 0 bridgehead atoms. The summed E-state index contributed by atoms with van der Waals surface area (Å²) in [6.45, 7) is 0.842. The fourth-order valence-corrected chi connectivity index (χ4v) is 4.92. The van der Waals surface area contributed by atoms with Crippen LogP contribution in [0, 0.1) is 0 Å². The summed E-state index contributed by atoms with van der Waals surface area (Å²) in [5.74, 6) is 1.77. The Morgan fingerprint density at radius 3 is 2.94 bits per heavy atom. The number of fused-ring (bicyclic) bond motifs is 1. The van der Waals surface area contributed by atoms with Gasteiger partial charge >= 0.3 is 0 Å². The van der Waals surface area contributed by atoms with Gasteiger partial charge in [-0.3, -0.25) is 0 Å². The maximum atomic E-state index is 11.3. The van der Waals surface area contributed by atoms with Crippen LogP contribution in [0.3, 0.4) is 0 Å². The highest BCUT2D eigenvalue weighted by Gasteiger charge is 2.25. The van der Waals surface area contributed by atoms with Crippen molar-refractivity contribution in [1.29, 1.82) is 0 Å². The fourth-order valence-electron chi connectivity index (χ4n) is 2.39. The van der Waals surface area contributed by atoms with E-state index in [2.05, 4.69) is 29.6 Å². The molecule has 0 saturated heterocycles. The molecular formula is C13H15NO2S2. The van der Waals surface area contributed by atoms with E-state index >= 15 is 0 Å². The molecule has 0 radical (unpaired) electrons. The number of hydrogen-bond donors (Lipinski definition) is 1. The first-order valence-corrected chi connectivity index (χ1v) is 8.70. The normalized spacial score (nSPS) is 28.4. The molecule has 0 aromatic heterocycles. The quantitative estimate of drug-likeness (QED) is 0.917. The zero-order chi connectivity index (χ0) is 12.6. The van der Waals surface area contributed by atoms with Crippen LogP contribution in [0.1, 0.15) is 11.5 Å². The number of rotatable bonds is 3. The smallest absolute Gasteiger partial charge is 0.173 e. The molecule has 1 aromatic rings. The van der Waals surface area contributed by atoms with Crippen molar-refractivity contribution in [3.05, 3.63) is 41.3 Å². The summed E-state index contributed by atoms with van der Waals surface area (Å²) in [7, 11) is -2.95. The van der Waals surface area contributed by atoms with Crippen LogP contribution in [0.2, 0.25) is 0 Å². The van der Waals surface area contributed by atoms with Gasteiger partial charge in [-0.05, 0) is 11.6 Å². The van der Waals surface area contributed by atoms with Crippen LogP contribution in [0.25, 0.3) is 0 Å². The molecule has 2 atom stereocenters. The molecule has 0 spiro atoms.